The van der Waals surface area contributed by atoms with E-state index in [4.69, 9.17) is 9.47 Å². The SMILES string of the molecule is O=C(O)c1cc(=O)c(O)c2c(O)c(O)c(OC3O[C@H](CO)[C@@H](O)[C@H](O)[C@H]3O)cc2c1. The summed E-state index contributed by atoms with van der Waals surface area (Å²) in [7, 11) is 0. The van der Waals surface area contributed by atoms with Crippen LogP contribution in [0.25, 0.3) is 10.8 Å². The Labute approximate surface area is 167 Å². The molecule has 0 amide bonds. The summed E-state index contributed by atoms with van der Waals surface area (Å²) in [5.41, 5.74) is -1.66. The van der Waals surface area contributed by atoms with Crippen molar-refractivity contribution < 1.29 is 55.1 Å². The molecular formula is C18H18O12. The first-order valence-electron chi connectivity index (χ1n) is 8.53. The third-order valence-electron chi connectivity index (χ3n) is 4.68. The molecule has 1 aliphatic rings. The van der Waals surface area contributed by atoms with Crippen molar-refractivity contribution in [3.63, 3.8) is 0 Å². The Hall–Kier alpha value is -3.16. The van der Waals surface area contributed by atoms with Crippen LogP contribution in [0.15, 0.2) is 23.0 Å². The zero-order valence-corrected chi connectivity index (χ0v) is 15.0. The summed E-state index contributed by atoms with van der Waals surface area (Å²) in [6, 6.07) is 2.50. The number of ether oxygens (including phenoxy) is 2. The van der Waals surface area contributed by atoms with Crippen LogP contribution in [0.3, 0.4) is 0 Å². The number of phenolic OH excluding ortho intramolecular Hbond substituents is 2. The van der Waals surface area contributed by atoms with E-state index >= 15 is 0 Å². The molecule has 30 heavy (non-hydrogen) atoms. The van der Waals surface area contributed by atoms with Crippen LogP contribution in [0.2, 0.25) is 0 Å². The van der Waals surface area contributed by atoms with Crippen LogP contribution in [0.1, 0.15) is 10.4 Å². The summed E-state index contributed by atoms with van der Waals surface area (Å²) in [4.78, 5) is 23.2. The number of phenols is 2. The van der Waals surface area contributed by atoms with Gasteiger partial charge in [-0.3, -0.25) is 4.79 Å². The average molecular weight is 426 g/mol. The minimum atomic E-state index is -1.83. The molecule has 12 heteroatoms. The average Bonchev–Trinajstić information content (AvgIpc) is 2.82. The van der Waals surface area contributed by atoms with E-state index in [2.05, 4.69) is 0 Å². The second kappa shape index (κ2) is 7.93. The molecule has 2 aromatic rings. The van der Waals surface area contributed by atoms with Gasteiger partial charge in [-0.1, -0.05) is 0 Å². The highest BCUT2D eigenvalue weighted by Crippen LogP contribution is 2.45. The fraction of sp³-hybridized carbons (Fsp3) is 0.333. The fourth-order valence-corrected chi connectivity index (χ4v) is 3.06. The number of rotatable bonds is 4. The summed E-state index contributed by atoms with van der Waals surface area (Å²) in [6.07, 6.45) is -8.30. The van der Waals surface area contributed by atoms with Crippen molar-refractivity contribution in [2.45, 2.75) is 30.7 Å². The van der Waals surface area contributed by atoms with Crippen LogP contribution >= 0.6 is 0 Å². The van der Waals surface area contributed by atoms with Crippen molar-refractivity contribution in [1.29, 1.82) is 0 Å². The van der Waals surface area contributed by atoms with E-state index in [9.17, 15) is 50.4 Å². The number of hydrogen-bond acceptors (Lipinski definition) is 11. The van der Waals surface area contributed by atoms with Crippen LogP contribution in [0.5, 0.6) is 23.0 Å². The van der Waals surface area contributed by atoms with Gasteiger partial charge in [0, 0.05) is 6.07 Å². The lowest BCUT2D eigenvalue weighted by Gasteiger charge is -2.39. The molecule has 0 aliphatic carbocycles. The molecule has 1 saturated heterocycles. The quantitative estimate of drug-likeness (QED) is 0.254. The summed E-state index contributed by atoms with van der Waals surface area (Å²) < 4.78 is 10.4. The van der Waals surface area contributed by atoms with Crippen LogP contribution in [-0.2, 0) is 4.74 Å². The molecule has 1 fully saturated rings. The van der Waals surface area contributed by atoms with E-state index in [1.165, 1.54) is 0 Å². The maximum atomic E-state index is 11.9. The third kappa shape index (κ3) is 3.58. The molecule has 1 unspecified atom stereocenters. The highest BCUT2D eigenvalue weighted by molar-refractivity contribution is 6.00. The fourth-order valence-electron chi connectivity index (χ4n) is 3.06. The lowest BCUT2D eigenvalue weighted by atomic mass is 9.99. The van der Waals surface area contributed by atoms with Crippen molar-refractivity contribution in [1.82, 2.24) is 0 Å². The van der Waals surface area contributed by atoms with Gasteiger partial charge in [0.2, 0.25) is 17.5 Å². The molecule has 2 aromatic carbocycles. The highest BCUT2D eigenvalue weighted by Gasteiger charge is 2.45. The summed E-state index contributed by atoms with van der Waals surface area (Å²) >= 11 is 0. The molecule has 1 heterocycles. The Balaban J connectivity index is 2.13. The van der Waals surface area contributed by atoms with Gasteiger partial charge < -0.3 is 50.3 Å². The maximum Gasteiger partial charge on any atom is 0.335 e. The van der Waals surface area contributed by atoms with E-state index < -0.39 is 82.7 Å². The molecule has 5 atom stereocenters. The Bertz CT molecular complexity index is 1050. The summed E-state index contributed by atoms with van der Waals surface area (Å²) in [6.45, 7) is -0.738. The minimum Gasteiger partial charge on any atom is -0.504 e. The summed E-state index contributed by atoms with van der Waals surface area (Å²) in [5, 5.41) is 77.8. The van der Waals surface area contributed by atoms with Crippen molar-refractivity contribution in [3.8, 4) is 23.0 Å². The largest absolute Gasteiger partial charge is 0.504 e. The van der Waals surface area contributed by atoms with Crippen molar-refractivity contribution in [2.75, 3.05) is 6.61 Å². The standard InChI is InChI=1S/C18H18O12/c19-4-9-13(23)15(25)16(26)18(30-9)29-8-3-5-1-6(17(27)28)2-7(20)11(21)10(5)14(24)12(8)22/h1-3,9,13,15-16,18-19,22-26H,4H2,(H,20,21)(H,27,28)/t9-,13-,15+,16-,18?/m1/s1. The number of fused-ring (bicyclic) bond motifs is 1. The highest BCUT2D eigenvalue weighted by atomic mass is 16.7. The number of aliphatic hydroxyl groups excluding tert-OH is 4. The van der Waals surface area contributed by atoms with Gasteiger partial charge in [-0.25, -0.2) is 4.79 Å². The molecule has 3 rings (SSSR count). The molecule has 12 nitrogen and oxygen atoms in total. The van der Waals surface area contributed by atoms with E-state index in [-0.39, 0.29) is 5.39 Å². The van der Waals surface area contributed by atoms with E-state index in [1.54, 1.807) is 0 Å². The number of benzene rings is 1. The van der Waals surface area contributed by atoms with Gasteiger partial charge in [0.1, 0.15) is 24.4 Å². The first-order chi connectivity index (χ1) is 14.1. The van der Waals surface area contributed by atoms with Crippen molar-refractivity contribution in [3.05, 3.63) is 34.0 Å². The molecular weight excluding hydrogens is 408 g/mol. The van der Waals surface area contributed by atoms with Crippen LogP contribution in [-0.4, -0.2) is 84.1 Å². The molecule has 0 spiro atoms. The van der Waals surface area contributed by atoms with Gasteiger partial charge in [0.25, 0.3) is 0 Å². The molecule has 1 aliphatic heterocycles. The van der Waals surface area contributed by atoms with Gasteiger partial charge >= 0.3 is 5.97 Å². The molecule has 0 bridgehead atoms. The second-order valence-corrected chi connectivity index (χ2v) is 6.61. The number of aromatic carboxylic acids is 1. The molecule has 0 radical (unpaired) electrons. The Morgan fingerprint density at radius 3 is 2.23 bits per heavy atom. The van der Waals surface area contributed by atoms with Crippen LogP contribution in [0, 0.1) is 0 Å². The predicted molar refractivity (Wildman–Crippen MR) is 96.6 cm³/mol. The Kier molecular flexibility index (Phi) is 5.70. The zero-order chi connectivity index (χ0) is 22.3. The molecule has 8 N–H and O–H groups in total. The number of carboxylic acid groups (broad SMARTS) is 1. The van der Waals surface area contributed by atoms with Crippen LogP contribution < -0.4 is 10.2 Å². The van der Waals surface area contributed by atoms with Gasteiger partial charge in [-0.15, -0.1) is 0 Å². The summed E-state index contributed by atoms with van der Waals surface area (Å²) in [5.74, 6) is -5.11. The monoisotopic (exact) mass is 426 g/mol. The Morgan fingerprint density at radius 1 is 0.967 bits per heavy atom. The van der Waals surface area contributed by atoms with Gasteiger partial charge in [-0.2, -0.15) is 0 Å². The number of aliphatic hydroxyl groups is 4. The van der Waals surface area contributed by atoms with Crippen LogP contribution in [0.4, 0.5) is 0 Å². The van der Waals surface area contributed by atoms with Crippen molar-refractivity contribution in [2.24, 2.45) is 0 Å². The normalized spacial score (nSPS) is 26.5. The third-order valence-corrected chi connectivity index (χ3v) is 4.68. The smallest absolute Gasteiger partial charge is 0.335 e. The van der Waals surface area contributed by atoms with Gasteiger partial charge in [0.05, 0.1) is 17.6 Å². The molecule has 0 aromatic heterocycles. The second-order valence-electron chi connectivity index (χ2n) is 6.61. The van der Waals surface area contributed by atoms with E-state index in [1.807, 2.05) is 0 Å². The van der Waals surface area contributed by atoms with E-state index in [0.29, 0.717) is 6.07 Å². The topological polar surface area (TPSA) is 214 Å². The predicted octanol–water partition coefficient (Wildman–Crippen LogP) is -1.81. The lowest BCUT2D eigenvalue weighted by Crippen LogP contribution is -2.60. The first kappa shape index (κ1) is 21.5. The van der Waals surface area contributed by atoms with E-state index in [0.717, 1.165) is 12.1 Å². The van der Waals surface area contributed by atoms with Gasteiger partial charge in [0.15, 0.2) is 17.2 Å². The number of aromatic hydroxyl groups is 3. The Morgan fingerprint density at radius 2 is 1.63 bits per heavy atom. The minimum absolute atomic E-state index is 0.220. The number of hydrogen-bond donors (Lipinski definition) is 8. The van der Waals surface area contributed by atoms with Gasteiger partial charge in [-0.05, 0) is 17.5 Å². The lowest BCUT2D eigenvalue weighted by molar-refractivity contribution is -0.277. The zero-order valence-electron chi connectivity index (χ0n) is 15.0. The molecule has 162 valence electrons. The maximum absolute atomic E-state index is 11.9. The molecule has 0 saturated carbocycles. The number of carbonyl (C=O) groups is 1. The first-order valence-corrected chi connectivity index (χ1v) is 8.53. The number of carboxylic acids is 1. The van der Waals surface area contributed by atoms with Crippen molar-refractivity contribution >= 4 is 16.7 Å².